The van der Waals surface area contributed by atoms with Gasteiger partial charge in [-0.3, -0.25) is 4.79 Å². The summed E-state index contributed by atoms with van der Waals surface area (Å²) in [4.78, 5) is 12.5. The molecular formula is C21H27NO5S. The van der Waals surface area contributed by atoms with Crippen molar-refractivity contribution in [1.29, 1.82) is 0 Å². The van der Waals surface area contributed by atoms with Crippen LogP contribution in [0.2, 0.25) is 0 Å². The molecule has 1 N–H and O–H groups in total. The van der Waals surface area contributed by atoms with Crippen molar-refractivity contribution in [3.63, 3.8) is 0 Å². The molecule has 2 aromatic rings. The highest BCUT2D eigenvalue weighted by molar-refractivity contribution is 7.92. The van der Waals surface area contributed by atoms with Crippen LogP contribution in [0.4, 0.5) is 0 Å². The monoisotopic (exact) mass is 405 g/mol. The fourth-order valence-corrected chi connectivity index (χ4v) is 3.76. The summed E-state index contributed by atoms with van der Waals surface area (Å²) in [6.45, 7) is 3.61. The molecule has 152 valence electrons. The Labute approximate surface area is 166 Å². The Hall–Kier alpha value is -2.38. The van der Waals surface area contributed by atoms with E-state index in [0.717, 1.165) is 16.9 Å². The molecule has 1 atom stereocenters. The number of benzene rings is 2. The second-order valence-corrected chi connectivity index (χ2v) is 9.22. The quantitative estimate of drug-likeness (QED) is 0.694. The van der Waals surface area contributed by atoms with E-state index in [1.54, 1.807) is 52.3 Å². The smallest absolute Gasteiger partial charge is 0.224 e. The normalized spacial score (nSPS) is 12.6. The van der Waals surface area contributed by atoms with E-state index in [9.17, 15) is 13.2 Å². The lowest BCUT2D eigenvalue weighted by Crippen LogP contribution is -2.30. The molecule has 0 saturated heterocycles. The number of methoxy groups -OCH3 is 2. The van der Waals surface area contributed by atoms with Gasteiger partial charge >= 0.3 is 0 Å². The molecule has 6 nitrogen and oxygen atoms in total. The maximum atomic E-state index is 12.3. The molecule has 0 spiro atoms. The first-order chi connectivity index (χ1) is 13.3. The van der Waals surface area contributed by atoms with Gasteiger partial charge in [-0.05, 0) is 49.2 Å². The number of nitrogens with one attached hydrogen (secondary N) is 1. The third-order valence-electron chi connectivity index (χ3n) is 4.47. The van der Waals surface area contributed by atoms with E-state index in [4.69, 9.17) is 9.47 Å². The molecule has 28 heavy (non-hydrogen) atoms. The summed E-state index contributed by atoms with van der Waals surface area (Å²) in [6.07, 6.45) is -0.131. The second kappa shape index (κ2) is 9.71. The summed E-state index contributed by atoms with van der Waals surface area (Å²) in [5.41, 5.74) is 1.65. The summed E-state index contributed by atoms with van der Waals surface area (Å²) in [6, 6.07) is 13.9. The van der Waals surface area contributed by atoms with Gasteiger partial charge in [0.05, 0.1) is 29.8 Å². The average Bonchev–Trinajstić information content (AvgIpc) is 2.69. The largest absolute Gasteiger partial charge is 0.497 e. The summed E-state index contributed by atoms with van der Waals surface area (Å²) in [7, 11) is -0.126. The topological polar surface area (TPSA) is 81.7 Å². The van der Waals surface area contributed by atoms with Gasteiger partial charge in [-0.2, -0.15) is 0 Å². The van der Waals surface area contributed by atoms with Crippen LogP contribution in [0.3, 0.4) is 0 Å². The molecule has 0 aromatic heterocycles. The zero-order chi connectivity index (χ0) is 20.7. The van der Waals surface area contributed by atoms with Gasteiger partial charge < -0.3 is 14.8 Å². The Kier molecular flexibility index (Phi) is 7.60. The van der Waals surface area contributed by atoms with Crippen molar-refractivity contribution in [1.82, 2.24) is 5.32 Å². The van der Waals surface area contributed by atoms with Crippen molar-refractivity contribution in [2.75, 3.05) is 20.8 Å². The first kappa shape index (κ1) is 21.9. The molecule has 2 aromatic carbocycles. The number of carbonyl (C=O) groups is 1. The highest BCUT2D eigenvalue weighted by atomic mass is 32.2. The highest BCUT2D eigenvalue weighted by Gasteiger charge is 2.19. The van der Waals surface area contributed by atoms with Crippen LogP contribution in [-0.2, 0) is 25.8 Å². The van der Waals surface area contributed by atoms with Crippen molar-refractivity contribution >= 4 is 15.7 Å². The molecule has 2 rings (SSSR count). The lowest BCUT2D eigenvalue weighted by molar-refractivity contribution is -0.121. The van der Waals surface area contributed by atoms with Crippen LogP contribution in [-0.4, -0.2) is 40.3 Å². The summed E-state index contributed by atoms with van der Waals surface area (Å²) in [5.74, 6) is 0.562. The van der Waals surface area contributed by atoms with Gasteiger partial charge in [-0.25, -0.2) is 8.42 Å². The number of amides is 1. The lowest BCUT2D eigenvalue weighted by atomic mass is 10.1. The lowest BCUT2D eigenvalue weighted by Gasteiger charge is -2.17. The van der Waals surface area contributed by atoms with Gasteiger partial charge in [0.2, 0.25) is 5.91 Å². The van der Waals surface area contributed by atoms with Gasteiger partial charge in [0.25, 0.3) is 0 Å². The highest BCUT2D eigenvalue weighted by Crippen LogP contribution is 2.21. The van der Waals surface area contributed by atoms with E-state index in [2.05, 4.69) is 5.32 Å². The fourth-order valence-electron chi connectivity index (χ4n) is 2.70. The predicted octanol–water partition coefficient (Wildman–Crippen LogP) is 2.92. The number of sulfone groups is 1. The second-order valence-electron chi connectivity index (χ2n) is 6.72. The van der Waals surface area contributed by atoms with E-state index in [-0.39, 0.29) is 23.3 Å². The number of carbonyl (C=O) groups excluding carboxylic acids is 1. The maximum Gasteiger partial charge on any atom is 0.224 e. The van der Waals surface area contributed by atoms with Gasteiger partial charge in [0.1, 0.15) is 5.75 Å². The Morgan fingerprint density at radius 1 is 1.07 bits per heavy atom. The van der Waals surface area contributed by atoms with Crippen LogP contribution < -0.4 is 10.1 Å². The van der Waals surface area contributed by atoms with Crippen LogP contribution in [0.5, 0.6) is 5.75 Å². The van der Waals surface area contributed by atoms with E-state index in [0.29, 0.717) is 6.54 Å². The standard InChI is InChI=1S/C21H27NO5S/c1-15(2)28(24,25)19-10-8-16(9-11-19)12-21(23)22-14-20(27-4)17-6-5-7-18(13-17)26-3/h5-11,13,15,20H,12,14H2,1-4H3,(H,22,23)/t20-/m1/s1. The molecule has 0 unspecified atom stereocenters. The molecule has 0 fully saturated rings. The molecule has 0 heterocycles. The van der Waals surface area contributed by atoms with Crippen molar-refractivity contribution in [2.45, 2.75) is 36.5 Å². The van der Waals surface area contributed by atoms with Crippen molar-refractivity contribution < 1.29 is 22.7 Å². The molecule has 0 saturated carbocycles. The summed E-state index contributed by atoms with van der Waals surface area (Å²) >= 11 is 0. The first-order valence-electron chi connectivity index (χ1n) is 9.04. The SMILES string of the molecule is COc1cccc([C@@H](CNC(=O)Cc2ccc(S(=O)(=O)C(C)C)cc2)OC)c1. The fraction of sp³-hybridized carbons (Fsp3) is 0.381. The molecule has 0 bridgehead atoms. The van der Waals surface area contributed by atoms with E-state index in [1.165, 1.54) is 0 Å². The Bertz CT molecular complexity index is 891. The third kappa shape index (κ3) is 5.56. The first-order valence-corrected chi connectivity index (χ1v) is 10.6. The number of hydrogen-bond acceptors (Lipinski definition) is 5. The van der Waals surface area contributed by atoms with Crippen LogP contribution in [0.15, 0.2) is 53.4 Å². The van der Waals surface area contributed by atoms with Gasteiger partial charge in [-0.15, -0.1) is 0 Å². The Morgan fingerprint density at radius 3 is 2.32 bits per heavy atom. The predicted molar refractivity (Wildman–Crippen MR) is 108 cm³/mol. The van der Waals surface area contributed by atoms with Crippen LogP contribution >= 0.6 is 0 Å². The molecular weight excluding hydrogens is 378 g/mol. The van der Waals surface area contributed by atoms with Gasteiger partial charge in [0.15, 0.2) is 9.84 Å². The Morgan fingerprint density at radius 2 is 1.75 bits per heavy atom. The average molecular weight is 406 g/mol. The van der Waals surface area contributed by atoms with Crippen molar-refractivity contribution in [3.8, 4) is 5.75 Å². The molecule has 1 amide bonds. The zero-order valence-electron chi connectivity index (χ0n) is 16.6. The molecule has 0 aliphatic heterocycles. The number of hydrogen-bond donors (Lipinski definition) is 1. The summed E-state index contributed by atoms with van der Waals surface area (Å²) in [5, 5.41) is 2.38. The van der Waals surface area contributed by atoms with Crippen molar-refractivity contribution in [3.05, 3.63) is 59.7 Å². The summed E-state index contributed by atoms with van der Waals surface area (Å²) < 4.78 is 35.0. The minimum atomic E-state index is -3.31. The third-order valence-corrected chi connectivity index (χ3v) is 6.64. The van der Waals surface area contributed by atoms with Crippen molar-refractivity contribution in [2.24, 2.45) is 0 Å². The Balaban J connectivity index is 1.96. The van der Waals surface area contributed by atoms with Crippen LogP contribution in [0.25, 0.3) is 0 Å². The number of ether oxygens (including phenoxy) is 2. The van der Waals surface area contributed by atoms with Crippen LogP contribution in [0.1, 0.15) is 31.1 Å². The molecule has 0 aliphatic carbocycles. The van der Waals surface area contributed by atoms with E-state index < -0.39 is 15.1 Å². The minimum Gasteiger partial charge on any atom is -0.497 e. The minimum absolute atomic E-state index is 0.163. The van der Waals surface area contributed by atoms with Gasteiger partial charge in [-0.1, -0.05) is 24.3 Å². The number of rotatable bonds is 9. The maximum absolute atomic E-state index is 12.3. The zero-order valence-corrected chi connectivity index (χ0v) is 17.5. The van der Waals surface area contributed by atoms with Crippen LogP contribution in [0, 0.1) is 0 Å². The van der Waals surface area contributed by atoms with E-state index >= 15 is 0 Å². The molecule has 0 radical (unpaired) electrons. The van der Waals surface area contributed by atoms with Gasteiger partial charge in [0, 0.05) is 13.7 Å². The van der Waals surface area contributed by atoms with E-state index in [1.807, 2.05) is 24.3 Å². The molecule has 7 heteroatoms. The molecule has 0 aliphatic rings.